The number of aliphatic carboxylic acids is 1. The fourth-order valence-corrected chi connectivity index (χ4v) is 2.41. The van der Waals surface area contributed by atoms with Gasteiger partial charge in [0.2, 0.25) is 5.91 Å². The smallest absolute Gasteiger partial charge is 0.410 e. The van der Waals surface area contributed by atoms with Crippen molar-refractivity contribution in [3.05, 3.63) is 0 Å². The van der Waals surface area contributed by atoms with Crippen molar-refractivity contribution in [2.24, 2.45) is 0 Å². The normalized spacial score (nSPS) is 23.6. The Morgan fingerprint density at radius 3 is 2.38 bits per heavy atom. The lowest BCUT2D eigenvalue weighted by atomic mass is 10.1. The molecule has 0 aromatic carbocycles. The Balaban J connectivity index is 2.00. The highest BCUT2D eigenvalue weighted by molar-refractivity contribution is 5.93. The second kappa shape index (κ2) is 5.20. The molecule has 0 spiro atoms. The molecule has 1 aliphatic heterocycles. The quantitative estimate of drug-likeness (QED) is 0.814. The molecular weight excluding hydrogens is 276 g/mol. The number of nitrogens with zero attached hydrogens (tertiary/aromatic N) is 1. The lowest BCUT2D eigenvalue weighted by molar-refractivity contribution is -0.143. The van der Waals surface area contributed by atoms with Crippen LogP contribution in [0.2, 0.25) is 0 Å². The highest BCUT2D eigenvalue weighted by Crippen LogP contribution is 2.36. The molecule has 0 bridgehead atoms. The Morgan fingerprint density at radius 1 is 1.29 bits per heavy atom. The zero-order valence-electron chi connectivity index (χ0n) is 12.6. The molecule has 1 saturated heterocycles. The van der Waals surface area contributed by atoms with Gasteiger partial charge in [0.15, 0.2) is 0 Å². The molecule has 2 N–H and O–H groups in total. The van der Waals surface area contributed by atoms with E-state index in [0.29, 0.717) is 32.2 Å². The summed E-state index contributed by atoms with van der Waals surface area (Å²) in [5, 5.41) is 11.7. The number of nitrogens with one attached hydrogen (secondary N) is 1. The molecular formula is C14H22N2O5. The summed E-state index contributed by atoms with van der Waals surface area (Å²) in [6.07, 6.45) is 1.58. The second-order valence-electron chi connectivity index (χ2n) is 6.71. The van der Waals surface area contributed by atoms with Crippen molar-refractivity contribution in [2.75, 3.05) is 6.54 Å². The summed E-state index contributed by atoms with van der Waals surface area (Å²) in [6.45, 7) is 5.74. The Labute approximate surface area is 123 Å². The summed E-state index contributed by atoms with van der Waals surface area (Å²) in [4.78, 5) is 36.9. The average Bonchev–Trinajstić information content (AvgIpc) is 2.95. The first-order valence-electron chi connectivity index (χ1n) is 7.20. The van der Waals surface area contributed by atoms with Crippen LogP contribution in [-0.4, -0.2) is 51.7 Å². The van der Waals surface area contributed by atoms with Crippen molar-refractivity contribution < 1.29 is 24.2 Å². The van der Waals surface area contributed by atoms with Gasteiger partial charge < -0.3 is 15.2 Å². The lowest BCUT2D eigenvalue weighted by Gasteiger charge is -2.28. The fraction of sp³-hybridized carbons (Fsp3) is 0.786. The van der Waals surface area contributed by atoms with Crippen LogP contribution >= 0.6 is 0 Å². The maximum Gasteiger partial charge on any atom is 0.410 e. The molecule has 2 aliphatic rings. The van der Waals surface area contributed by atoms with E-state index in [0.717, 1.165) is 0 Å². The van der Waals surface area contributed by atoms with Crippen LogP contribution in [0.3, 0.4) is 0 Å². The van der Waals surface area contributed by atoms with Crippen molar-refractivity contribution in [1.82, 2.24) is 10.2 Å². The monoisotopic (exact) mass is 298 g/mol. The van der Waals surface area contributed by atoms with Gasteiger partial charge in [0.25, 0.3) is 0 Å². The molecule has 7 heteroatoms. The van der Waals surface area contributed by atoms with E-state index in [9.17, 15) is 14.4 Å². The van der Waals surface area contributed by atoms with Gasteiger partial charge in [-0.15, -0.1) is 0 Å². The Bertz CT molecular complexity index is 464. The van der Waals surface area contributed by atoms with Crippen molar-refractivity contribution in [1.29, 1.82) is 0 Å². The molecule has 2 amide bonds. The van der Waals surface area contributed by atoms with Crippen LogP contribution in [0.1, 0.15) is 46.5 Å². The number of hydrogen-bond donors (Lipinski definition) is 2. The van der Waals surface area contributed by atoms with E-state index in [-0.39, 0.29) is 0 Å². The molecule has 1 heterocycles. The van der Waals surface area contributed by atoms with E-state index in [2.05, 4.69) is 5.32 Å². The van der Waals surface area contributed by atoms with E-state index in [1.165, 1.54) is 4.90 Å². The molecule has 1 atom stereocenters. The third kappa shape index (κ3) is 3.46. The van der Waals surface area contributed by atoms with E-state index in [1.54, 1.807) is 20.8 Å². The van der Waals surface area contributed by atoms with Crippen molar-refractivity contribution in [3.63, 3.8) is 0 Å². The van der Waals surface area contributed by atoms with Gasteiger partial charge >= 0.3 is 12.1 Å². The van der Waals surface area contributed by atoms with Gasteiger partial charge in [-0.1, -0.05) is 0 Å². The highest BCUT2D eigenvalue weighted by atomic mass is 16.6. The van der Waals surface area contributed by atoms with Crippen LogP contribution in [0, 0.1) is 0 Å². The minimum absolute atomic E-state index is 0.404. The summed E-state index contributed by atoms with van der Waals surface area (Å²) in [5.74, 6) is -1.42. The minimum Gasteiger partial charge on any atom is -0.480 e. The number of hydrogen-bond acceptors (Lipinski definition) is 4. The molecule has 1 unspecified atom stereocenters. The van der Waals surface area contributed by atoms with Gasteiger partial charge in [-0.2, -0.15) is 0 Å². The summed E-state index contributed by atoms with van der Waals surface area (Å²) in [6, 6.07) is -0.642. The van der Waals surface area contributed by atoms with Gasteiger partial charge in [0.1, 0.15) is 17.2 Å². The first-order chi connectivity index (χ1) is 9.65. The molecule has 118 valence electrons. The molecule has 0 aromatic heterocycles. The van der Waals surface area contributed by atoms with E-state index >= 15 is 0 Å². The first-order valence-corrected chi connectivity index (χ1v) is 7.20. The van der Waals surface area contributed by atoms with Gasteiger partial charge in [-0.3, -0.25) is 9.69 Å². The van der Waals surface area contributed by atoms with Gasteiger partial charge in [-0.25, -0.2) is 9.59 Å². The second-order valence-corrected chi connectivity index (χ2v) is 6.71. The highest BCUT2D eigenvalue weighted by Gasteiger charge is 2.53. The molecule has 0 radical (unpaired) electrons. The number of carbonyl (C=O) groups is 3. The van der Waals surface area contributed by atoms with E-state index < -0.39 is 35.2 Å². The third-order valence-electron chi connectivity index (χ3n) is 3.71. The summed E-state index contributed by atoms with van der Waals surface area (Å²) >= 11 is 0. The standard InChI is InChI=1S/C14H22N2O5/c1-13(2,3)21-12(20)16-8-4-5-9(16)10(17)15-14(6-7-14)11(18)19/h9H,4-8H2,1-3H3,(H,15,17)(H,18,19). The van der Waals surface area contributed by atoms with Crippen LogP contribution in [0.15, 0.2) is 0 Å². The first kappa shape index (κ1) is 15.6. The maximum atomic E-state index is 12.3. The van der Waals surface area contributed by atoms with Crippen LogP contribution in [0.4, 0.5) is 4.79 Å². The molecule has 21 heavy (non-hydrogen) atoms. The van der Waals surface area contributed by atoms with Crippen LogP contribution in [-0.2, 0) is 14.3 Å². The fourth-order valence-electron chi connectivity index (χ4n) is 2.41. The molecule has 1 saturated carbocycles. The van der Waals surface area contributed by atoms with Crippen LogP contribution in [0.5, 0.6) is 0 Å². The number of carbonyl (C=O) groups excluding carboxylic acids is 2. The third-order valence-corrected chi connectivity index (χ3v) is 3.71. The zero-order valence-corrected chi connectivity index (χ0v) is 12.6. The number of likely N-dealkylation sites (tertiary alicyclic amines) is 1. The topological polar surface area (TPSA) is 95.9 Å². The average molecular weight is 298 g/mol. The lowest BCUT2D eigenvalue weighted by Crippen LogP contribution is -2.52. The Kier molecular flexibility index (Phi) is 3.86. The van der Waals surface area contributed by atoms with Crippen LogP contribution < -0.4 is 5.32 Å². The van der Waals surface area contributed by atoms with Gasteiger partial charge in [0, 0.05) is 6.54 Å². The number of ether oxygens (including phenoxy) is 1. The maximum absolute atomic E-state index is 12.3. The Morgan fingerprint density at radius 2 is 1.90 bits per heavy atom. The number of amides is 2. The molecule has 2 rings (SSSR count). The summed E-state index contributed by atoms with van der Waals surface area (Å²) in [7, 11) is 0. The molecule has 2 fully saturated rings. The minimum atomic E-state index is -1.13. The molecule has 7 nitrogen and oxygen atoms in total. The van der Waals surface area contributed by atoms with Crippen LogP contribution in [0.25, 0.3) is 0 Å². The largest absolute Gasteiger partial charge is 0.480 e. The van der Waals surface area contributed by atoms with E-state index in [1.807, 2.05) is 0 Å². The summed E-state index contributed by atoms with van der Waals surface area (Å²) in [5.41, 5.74) is -1.75. The van der Waals surface area contributed by atoms with Crippen molar-refractivity contribution >= 4 is 18.0 Å². The number of carboxylic acid groups (broad SMARTS) is 1. The van der Waals surface area contributed by atoms with Crippen molar-refractivity contribution in [3.8, 4) is 0 Å². The van der Waals surface area contributed by atoms with E-state index in [4.69, 9.17) is 9.84 Å². The van der Waals surface area contributed by atoms with Gasteiger partial charge in [0.05, 0.1) is 0 Å². The molecule has 0 aromatic rings. The number of rotatable bonds is 3. The summed E-state index contributed by atoms with van der Waals surface area (Å²) < 4.78 is 5.29. The SMILES string of the molecule is CC(C)(C)OC(=O)N1CCCC1C(=O)NC1(C(=O)O)CC1. The predicted molar refractivity (Wildman–Crippen MR) is 73.7 cm³/mol. The van der Waals surface area contributed by atoms with Gasteiger partial charge in [-0.05, 0) is 46.5 Å². The van der Waals surface area contributed by atoms with Crippen molar-refractivity contribution in [2.45, 2.75) is 63.6 Å². The zero-order chi connectivity index (χ0) is 15.8. The molecule has 1 aliphatic carbocycles. The predicted octanol–water partition coefficient (Wildman–Crippen LogP) is 1.12. The number of carboxylic acids is 1. The Hall–Kier alpha value is -1.79.